The zero-order valence-corrected chi connectivity index (χ0v) is 9.21. The van der Waals surface area contributed by atoms with Crippen molar-refractivity contribution in [2.45, 2.75) is 4.90 Å². The van der Waals surface area contributed by atoms with E-state index in [1.807, 2.05) is 0 Å². The van der Waals surface area contributed by atoms with Gasteiger partial charge < -0.3 is 15.6 Å². The first kappa shape index (κ1) is 11.9. The molecule has 0 saturated heterocycles. The number of methoxy groups -OCH3 is 1. The summed E-state index contributed by atoms with van der Waals surface area (Å²) < 4.78 is 4.57. The summed E-state index contributed by atoms with van der Waals surface area (Å²) in [6.07, 6.45) is 0. The highest BCUT2D eigenvalue weighted by Gasteiger charge is 2.07. The Morgan fingerprint density at radius 2 is 2.33 bits per heavy atom. The quantitative estimate of drug-likeness (QED) is 0.458. The number of hydrogen-bond donors (Lipinski definition) is 2. The van der Waals surface area contributed by atoms with Crippen molar-refractivity contribution in [1.82, 2.24) is 0 Å². The fraction of sp³-hybridized carbons (Fsp3) is 0.300. The summed E-state index contributed by atoms with van der Waals surface area (Å²) in [5.41, 5.74) is 6.70. The summed E-state index contributed by atoms with van der Waals surface area (Å²) in [5.74, 6) is 0.183. The van der Waals surface area contributed by atoms with Gasteiger partial charge in [0.25, 0.3) is 0 Å². The lowest BCUT2D eigenvalue weighted by molar-refractivity contribution is 0.0600. The molecule has 0 spiro atoms. The normalized spacial score (nSPS) is 10.0. The summed E-state index contributed by atoms with van der Waals surface area (Å²) >= 11 is 1.45. The monoisotopic (exact) mass is 227 g/mol. The third-order valence-corrected chi connectivity index (χ3v) is 2.85. The van der Waals surface area contributed by atoms with E-state index in [2.05, 4.69) is 4.74 Å². The number of rotatable bonds is 4. The number of aliphatic hydroxyl groups is 1. The van der Waals surface area contributed by atoms with Crippen LogP contribution in [-0.2, 0) is 4.74 Å². The van der Waals surface area contributed by atoms with Gasteiger partial charge in [-0.25, -0.2) is 4.79 Å². The van der Waals surface area contributed by atoms with Crippen LogP contribution in [0.5, 0.6) is 0 Å². The van der Waals surface area contributed by atoms with Gasteiger partial charge in [-0.1, -0.05) is 0 Å². The smallest absolute Gasteiger partial charge is 0.337 e. The highest BCUT2D eigenvalue weighted by atomic mass is 32.2. The van der Waals surface area contributed by atoms with Crippen molar-refractivity contribution in [3.63, 3.8) is 0 Å². The summed E-state index contributed by atoms with van der Waals surface area (Å²) in [4.78, 5) is 12.0. The Morgan fingerprint density at radius 3 is 2.87 bits per heavy atom. The molecule has 82 valence electrons. The average Bonchev–Trinajstić information content (AvgIpc) is 2.26. The first-order chi connectivity index (χ1) is 7.19. The Labute approximate surface area is 92.4 Å². The maximum Gasteiger partial charge on any atom is 0.337 e. The number of ether oxygens (including phenoxy) is 1. The lowest BCUT2D eigenvalue weighted by Gasteiger charge is -2.06. The molecule has 0 bridgehead atoms. The summed E-state index contributed by atoms with van der Waals surface area (Å²) in [7, 11) is 1.33. The topological polar surface area (TPSA) is 72.5 Å². The van der Waals surface area contributed by atoms with Crippen LogP contribution in [0.15, 0.2) is 23.1 Å². The van der Waals surface area contributed by atoms with E-state index < -0.39 is 5.97 Å². The molecule has 3 N–H and O–H groups in total. The maximum absolute atomic E-state index is 11.2. The Balaban J connectivity index is 2.83. The van der Waals surface area contributed by atoms with Crippen LogP contribution in [0.3, 0.4) is 0 Å². The standard InChI is InChI=1S/C10H13NO3S/c1-14-10(13)7-2-3-9(8(11)6-7)15-5-4-12/h2-3,6,12H,4-5,11H2,1H3. The fourth-order valence-corrected chi connectivity index (χ4v) is 1.78. The lowest BCUT2D eigenvalue weighted by Crippen LogP contribution is -2.02. The minimum absolute atomic E-state index is 0.100. The molecular formula is C10H13NO3S. The minimum atomic E-state index is -0.402. The Bertz CT molecular complexity index is 355. The van der Waals surface area contributed by atoms with Crippen LogP contribution in [0.4, 0.5) is 5.69 Å². The van der Waals surface area contributed by atoms with E-state index in [1.54, 1.807) is 18.2 Å². The van der Waals surface area contributed by atoms with E-state index in [1.165, 1.54) is 18.9 Å². The van der Waals surface area contributed by atoms with E-state index >= 15 is 0 Å². The van der Waals surface area contributed by atoms with Crippen molar-refractivity contribution >= 4 is 23.4 Å². The third-order valence-electron chi connectivity index (χ3n) is 1.78. The number of nitrogen functional groups attached to an aromatic ring is 1. The first-order valence-corrected chi connectivity index (χ1v) is 5.39. The van der Waals surface area contributed by atoms with Crippen LogP contribution in [0.25, 0.3) is 0 Å². The highest BCUT2D eigenvalue weighted by Crippen LogP contribution is 2.25. The molecule has 0 aliphatic rings. The van der Waals surface area contributed by atoms with Crippen LogP contribution in [-0.4, -0.2) is 30.5 Å². The second kappa shape index (κ2) is 5.63. The van der Waals surface area contributed by atoms with Gasteiger partial charge in [0.2, 0.25) is 0 Å². The largest absolute Gasteiger partial charge is 0.465 e. The average molecular weight is 227 g/mol. The summed E-state index contributed by atoms with van der Waals surface area (Å²) in [6, 6.07) is 4.98. The number of benzene rings is 1. The van der Waals surface area contributed by atoms with Gasteiger partial charge in [-0.3, -0.25) is 0 Å². The summed E-state index contributed by atoms with van der Waals surface area (Å²) in [5, 5.41) is 8.66. The van der Waals surface area contributed by atoms with Gasteiger partial charge in [-0.05, 0) is 18.2 Å². The Morgan fingerprint density at radius 1 is 1.60 bits per heavy atom. The number of anilines is 1. The third kappa shape index (κ3) is 3.14. The molecule has 0 radical (unpaired) electrons. The molecular weight excluding hydrogens is 214 g/mol. The molecule has 0 saturated carbocycles. The number of carbonyl (C=O) groups excluding carboxylic acids is 1. The predicted molar refractivity (Wildman–Crippen MR) is 60.0 cm³/mol. The molecule has 0 aliphatic carbocycles. The van der Waals surface area contributed by atoms with Crippen LogP contribution in [0.1, 0.15) is 10.4 Å². The zero-order valence-electron chi connectivity index (χ0n) is 8.40. The Hall–Kier alpha value is -1.20. The molecule has 5 heteroatoms. The van der Waals surface area contributed by atoms with Gasteiger partial charge in [-0.15, -0.1) is 11.8 Å². The predicted octanol–water partition coefficient (Wildman–Crippen LogP) is 1.14. The number of hydrogen-bond acceptors (Lipinski definition) is 5. The molecule has 0 aromatic heterocycles. The molecule has 1 rings (SSSR count). The van der Waals surface area contributed by atoms with Gasteiger partial charge >= 0.3 is 5.97 Å². The second-order valence-corrected chi connectivity index (χ2v) is 3.95. The SMILES string of the molecule is COC(=O)c1ccc(SCCO)c(N)c1. The van der Waals surface area contributed by atoms with E-state index in [0.717, 1.165) is 4.90 Å². The van der Waals surface area contributed by atoms with Gasteiger partial charge in [0, 0.05) is 16.3 Å². The molecule has 0 aliphatic heterocycles. The molecule has 0 amide bonds. The van der Waals surface area contributed by atoms with Crippen LogP contribution >= 0.6 is 11.8 Å². The zero-order chi connectivity index (χ0) is 11.3. The van der Waals surface area contributed by atoms with Crippen LogP contribution in [0, 0.1) is 0 Å². The molecule has 0 atom stereocenters. The highest BCUT2D eigenvalue weighted by molar-refractivity contribution is 7.99. The van der Waals surface area contributed by atoms with Crippen molar-refractivity contribution in [3.05, 3.63) is 23.8 Å². The van der Waals surface area contributed by atoms with Crippen molar-refractivity contribution < 1.29 is 14.6 Å². The fourth-order valence-electron chi connectivity index (χ4n) is 1.08. The summed E-state index contributed by atoms with van der Waals surface area (Å²) in [6.45, 7) is 0.100. The number of nitrogens with two attached hydrogens (primary N) is 1. The molecule has 0 unspecified atom stereocenters. The van der Waals surface area contributed by atoms with Crippen LogP contribution < -0.4 is 5.73 Å². The molecule has 15 heavy (non-hydrogen) atoms. The van der Waals surface area contributed by atoms with E-state index in [9.17, 15) is 4.79 Å². The van der Waals surface area contributed by atoms with E-state index in [-0.39, 0.29) is 6.61 Å². The van der Waals surface area contributed by atoms with Crippen LogP contribution in [0.2, 0.25) is 0 Å². The lowest BCUT2D eigenvalue weighted by atomic mass is 10.2. The number of aliphatic hydroxyl groups excluding tert-OH is 1. The Kier molecular flexibility index (Phi) is 4.45. The molecule has 1 aromatic rings. The second-order valence-electron chi connectivity index (χ2n) is 2.82. The molecule has 1 aromatic carbocycles. The van der Waals surface area contributed by atoms with Gasteiger partial charge in [0.1, 0.15) is 0 Å². The minimum Gasteiger partial charge on any atom is -0.465 e. The number of thioether (sulfide) groups is 1. The van der Waals surface area contributed by atoms with Gasteiger partial charge in [0.05, 0.1) is 19.3 Å². The van der Waals surface area contributed by atoms with Crippen molar-refractivity contribution in [3.8, 4) is 0 Å². The van der Waals surface area contributed by atoms with Crippen molar-refractivity contribution in [2.75, 3.05) is 25.2 Å². The van der Waals surface area contributed by atoms with Gasteiger partial charge in [0.15, 0.2) is 0 Å². The van der Waals surface area contributed by atoms with E-state index in [0.29, 0.717) is 17.0 Å². The first-order valence-electron chi connectivity index (χ1n) is 4.40. The molecule has 4 nitrogen and oxygen atoms in total. The molecule has 0 fully saturated rings. The van der Waals surface area contributed by atoms with Gasteiger partial charge in [-0.2, -0.15) is 0 Å². The molecule has 0 heterocycles. The van der Waals surface area contributed by atoms with E-state index in [4.69, 9.17) is 10.8 Å². The van der Waals surface area contributed by atoms with Crippen molar-refractivity contribution in [1.29, 1.82) is 0 Å². The maximum atomic E-state index is 11.2. The van der Waals surface area contributed by atoms with Crippen molar-refractivity contribution in [2.24, 2.45) is 0 Å². The number of carbonyl (C=O) groups is 1. The number of esters is 1.